The van der Waals surface area contributed by atoms with Gasteiger partial charge in [-0.05, 0) is 62.1 Å². The molecule has 0 radical (unpaired) electrons. The Hall–Kier alpha value is -3.65. The van der Waals surface area contributed by atoms with Crippen LogP contribution in [-0.4, -0.2) is 114 Å². The Morgan fingerprint density at radius 2 is 1.34 bits per heavy atom. The van der Waals surface area contributed by atoms with Crippen molar-refractivity contribution in [2.24, 2.45) is 5.73 Å². The molecule has 0 bridgehead atoms. The fraction of sp³-hybridized carbons (Fsp3) is 0.514. The van der Waals surface area contributed by atoms with E-state index in [4.69, 9.17) is 35.5 Å². The van der Waals surface area contributed by atoms with Gasteiger partial charge in [0, 0.05) is 50.9 Å². The normalized spacial score (nSPS) is 19.3. The van der Waals surface area contributed by atoms with Crippen molar-refractivity contribution in [3.05, 3.63) is 60.9 Å². The molecule has 47 heavy (non-hydrogen) atoms. The monoisotopic (exact) mass is 644 g/mol. The fourth-order valence-corrected chi connectivity index (χ4v) is 6.60. The van der Waals surface area contributed by atoms with Gasteiger partial charge >= 0.3 is 0 Å². The zero-order valence-corrected chi connectivity index (χ0v) is 27.2. The molecule has 2 aromatic carbocycles. The molecule has 12 heteroatoms. The molecule has 2 aromatic heterocycles. The van der Waals surface area contributed by atoms with Crippen LogP contribution in [0.5, 0.6) is 11.5 Å². The third-order valence-corrected chi connectivity index (χ3v) is 9.12. The zero-order valence-electron chi connectivity index (χ0n) is 27.2. The summed E-state index contributed by atoms with van der Waals surface area (Å²) in [5, 5.41) is 5.93. The molecule has 0 amide bonds. The highest BCUT2D eigenvalue weighted by Crippen LogP contribution is 2.37. The Labute approximate surface area is 276 Å². The molecular formula is C35H48N8O4. The maximum atomic E-state index is 6.42. The summed E-state index contributed by atoms with van der Waals surface area (Å²) in [6, 6.07) is 18.6. The summed E-state index contributed by atoms with van der Waals surface area (Å²) in [6.07, 6.45) is 5.96. The molecule has 252 valence electrons. The van der Waals surface area contributed by atoms with E-state index in [1.807, 2.05) is 54.6 Å². The van der Waals surface area contributed by atoms with Crippen molar-refractivity contribution in [1.29, 1.82) is 0 Å². The largest absolute Gasteiger partial charge is 0.457 e. The minimum Gasteiger partial charge on any atom is -0.457 e. The highest BCUT2D eigenvalue weighted by atomic mass is 16.5. The standard InChI is InChI=1S/C35H48N8O4/c36-14-20-44-22-24-46-25-23-45-21-19-41-15-17-42(18-16-41)28-8-10-29(11-9-28)43-35-32(34(37)38-26-39-35)33(40-43)27-6-12-31(13-7-27)47-30-4-2-1-3-5-30/h1-7,12-13,26,28-29H,8-11,14-25,36H2,(H2,37,38,39). The van der Waals surface area contributed by atoms with E-state index in [-0.39, 0.29) is 6.04 Å². The van der Waals surface area contributed by atoms with Crippen molar-refractivity contribution in [2.45, 2.75) is 37.8 Å². The van der Waals surface area contributed by atoms with E-state index in [1.165, 1.54) is 0 Å². The number of aromatic nitrogens is 4. The van der Waals surface area contributed by atoms with E-state index < -0.39 is 0 Å². The van der Waals surface area contributed by atoms with Crippen molar-refractivity contribution in [3.8, 4) is 22.8 Å². The lowest BCUT2D eigenvalue weighted by atomic mass is 9.90. The van der Waals surface area contributed by atoms with Gasteiger partial charge in [-0.3, -0.25) is 9.80 Å². The van der Waals surface area contributed by atoms with Gasteiger partial charge in [-0.25, -0.2) is 14.6 Å². The number of piperazine rings is 1. The van der Waals surface area contributed by atoms with Crippen LogP contribution in [0.4, 0.5) is 5.82 Å². The van der Waals surface area contributed by atoms with Crippen molar-refractivity contribution in [2.75, 3.05) is 84.6 Å². The van der Waals surface area contributed by atoms with E-state index in [0.29, 0.717) is 51.4 Å². The Bertz CT molecular complexity index is 1500. The van der Waals surface area contributed by atoms with Gasteiger partial charge in [0.15, 0.2) is 5.65 Å². The SMILES string of the molecule is NCCOCCOCCOCCN1CCN(C2CCC(n3nc(-c4ccc(Oc5ccccc5)cc4)c4c(N)ncnc43)CC2)CC1. The van der Waals surface area contributed by atoms with E-state index in [1.54, 1.807) is 6.33 Å². The first kappa shape index (κ1) is 33.3. The van der Waals surface area contributed by atoms with Gasteiger partial charge in [-0.2, -0.15) is 5.10 Å². The molecule has 0 spiro atoms. The third kappa shape index (κ3) is 8.83. The van der Waals surface area contributed by atoms with E-state index in [2.05, 4.69) is 24.4 Å². The number of nitrogens with two attached hydrogens (primary N) is 2. The summed E-state index contributed by atoms with van der Waals surface area (Å²) < 4.78 is 24.7. The Balaban J connectivity index is 0.974. The molecule has 2 fully saturated rings. The van der Waals surface area contributed by atoms with Crippen molar-refractivity contribution in [1.82, 2.24) is 29.5 Å². The first-order chi connectivity index (χ1) is 23.2. The second-order valence-electron chi connectivity index (χ2n) is 12.2. The molecule has 6 rings (SSSR count). The number of nitrogens with zero attached hydrogens (tertiary/aromatic N) is 6. The first-order valence-electron chi connectivity index (χ1n) is 16.9. The highest BCUT2D eigenvalue weighted by Gasteiger charge is 2.31. The molecule has 4 aromatic rings. The molecule has 1 aliphatic carbocycles. The van der Waals surface area contributed by atoms with E-state index >= 15 is 0 Å². The Morgan fingerprint density at radius 1 is 0.702 bits per heavy atom. The van der Waals surface area contributed by atoms with Crippen LogP contribution in [0.1, 0.15) is 31.7 Å². The number of ether oxygens (including phenoxy) is 4. The Kier molecular flexibility index (Phi) is 12.0. The molecular weight excluding hydrogens is 596 g/mol. The van der Waals surface area contributed by atoms with Crippen LogP contribution in [0.15, 0.2) is 60.9 Å². The number of anilines is 1. The van der Waals surface area contributed by atoms with Gasteiger partial charge in [0.25, 0.3) is 0 Å². The molecule has 1 aliphatic heterocycles. The lowest BCUT2D eigenvalue weighted by Crippen LogP contribution is -2.51. The predicted octanol–water partition coefficient (Wildman–Crippen LogP) is 3.98. The van der Waals surface area contributed by atoms with Crippen molar-refractivity contribution >= 4 is 16.9 Å². The fourth-order valence-electron chi connectivity index (χ4n) is 6.60. The summed E-state index contributed by atoms with van der Waals surface area (Å²) in [4.78, 5) is 14.1. The van der Waals surface area contributed by atoms with Crippen LogP contribution in [0, 0.1) is 0 Å². The number of benzene rings is 2. The maximum absolute atomic E-state index is 6.42. The lowest BCUT2D eigenvalue weighted by Gasteiger charge is -2.42. The topological polar surface area (TPSA) is 139 Å². The average molecular weight is 645 g/mol. The van der Waals surface area contributed by atoms with Crippen molar-refractivity contribution < 1.29 is 18.9 Å². The number of hydrogen-bond acceptors (Lipinski definition) is 11. The molecule has 0 atom stereocenters. The minimum absolute atomic E-state index is 0.276. The second kappa shape index (κ2) is 17.0. The number of nitrogen functional groups attached to an aromatic ring is 1. The minimum atomic E-state index is 0.276. The molecule has 3 heterocycles. The zero-order chi connectivity index (χ0) is 32.3. The summed E-state index contributed by atoms with van der Waals surface area (Å²) in [6.45, 7) is 9.54. The number of fused-ring (bicyclic) bond motifs is 1. The molecule has 2 aliphatic rings. The molecule has 0 unspecified atom stereocenters. The van der Waals surface area contributed by atoms with Crippen LogP contribution in [0.2, 0.25) is 0 Å². The smallest absolute Gasteiger partial charge is 0.164 e. The maximum Gasteiger partial charge on any atom is 0.164 e. The van der Waals surface area contributed by atoms with Gasteiger partial charge in [0.2, 0.25) is 0 Å². The summed E-state index contributed by atoms with van der Waals surface area (Å²) in [5.41, 5.74) is 14.4. The van der Waals surface area contributed by atoms with Gasteiger partial charge in [-0.1, -0.05) is 18.2 Å². The summed E-state index contributed by atoms with van der Waals surface area (Å²) >= 11 is 0. The predicted molar refractivity (Wildman–Crippen MR) is 183 cm³/mol. The van der Waals surface area contributed by atoms with Gasteiger partial charge in [-0.15, -0.1) is 0 Å². The average Bonchev–Trinajstić information content (AvgIpc) is 3.51. The van der Waals surface area contributed by atoms with Crippen LogP contribution in [0.25, 0.3) is 22.3 Å². The molecule has 1 saturated heterocycles. The van der Waals surface area contributed by atoms with E-state index in [0.717, 1.165) is 98.8 Å². The number of hydrogen-bond donors (Lipinski definition) is 2. The van der Waals surface area contributed by atoms with Gasteiger partial charge < -0.3 is 30.4 Å². The number of rotatable bonds is 16. The summed E-state index contributed by atoms with van der Waals surface area (Å²) in [5.74, 6) is 2.02. The van der Waals surface area contributed by atoms with Gasteiger partial charge in [0.1, 0.15) is 29.3 Å². The van der Waals surface area contributed by atoms with Crippen LogP contribution in [-0.2, 0) is 14.2 Å². The highest BCUT2D eigenvalue weighted by molar-refractivity contribution is 5.98. The molecule has 4 N–H and O–H groups in total. The summed E-state index contributed by atoms with van der Waals surface area (Å²) in [7, 11) is 0. The van der Waals surface area contributed by atoms with E-state index in [9.17, 15) is 0 Å². The number of para-hydroxylation sites is 1. The second-order valence-corrected chi connectivity index (χ2v) is 12.2. The van der Waals surface area contributed by atoms with Crippen molar-refractivity contribution in [3.63, 3.8) is 0 Å². The van der Waals surface area contributed by atoms with Crippen LogP contribution in [0.3, 0.4) is 0 Å². The van der Waals surface area contributed by atoms with Crippen LogP contribution < -0.4 is 16.2 Å². The van der Waals surface area contributed by atoms with Crippen LogP contribution >= 0.6 is 0 Å². The quantitative estimate of drug-likeness (QED) is 0.171. The molecule has 1 saturated carbocycles. The Morgan fingerprint density at radius 3 is 2.04 bits per heavy atom. The lowest BCUT2D eigenvalue weighted by molar-refractivity contribution is 0.00647. The van der Waals surface area contributed by atoms with Gasteiger partial charge in [0.05, 0.1) is 51.1 Å². The molecule has 12 nitrogen and oxygen atoms in total. The third-order valence-electron chi connectivity index (χ3n) is 9.12. The first-order valence-corrected chi connectivity index (χ1v) is 16.9.